The normalized spacial score (nSPS) is 9.89. The van der Waals surface area contributed by atoms with Crippen molar-refractivity contribution in [2.75, 3.05) is 11.1 Å². The fourth-order valence-corrected chi connectivity index (χ4v) is 1.70. The molecule has 0 aliphatic carbocycles. The minimum absolute atomic E-state index is 0.143. The first-order valence-electron chi connectivity index (χ1n) is 5.80. The maximum Gasteiger partial charge on any atom is 0.278 e. The number of benzene rings is 1. The number of rotatable bonds is 3. The maximum absolute atomic E-state index is 12.0. The number of anilines is 2. The van der Waals surface area contributed by atoms with Crippen LogP contribution >= 0.6 is 0 Å². The van der Waals surface area contributed by atoms with E-state index < -0.39 is 5.91 Å². The van der Waals surface area contributed by atoms with E-state index in [0.717, 1.165) is 5.69 Å². The van der Waals surface area contributed by atoms with E-state index in [2.05, 4.69) is 15.5 Å². The number of para-hydroxylation sites is 1. The smallest absolute Gasteiger partial charge is 0.278 e. The molecule has 0 saturated carbocycles. The van der Waals surface area contributed by atoms with Gasteiger partial charge in [0.2, 0.25) is 0 Å². The zero-order valence-electron chi connectivity index (χ0n) is 10.4. The lowest BCUT2D eigenvalue weighted by Crippen LogP contribution is -2.15. The zero-order valence-corrected chi connectivity index (χ0v) is 10.4. The Morgan fingerprint density at radius 3 is 2.89 bits per heavy atom. The van der Waals surface area contributed by atoms with E-state index in [0.29, 0.717) is 23.4 Å². The van der Waals surface area contributed by atoms with Crippen molar-refractivity contribution in [3.05, 3.63) is 41.2 Å². The highest BCUT2D eigenvalue weighted by Crippen LogP contribution is 2.18. The summed E-state index contributed by atoms with van der Waals surface area (Å²) in [6.07, 6.45) is 0.668. The number of nitrogens with zero attached hydrogens (tertiary/aromatic N) is 2. The van der Waals surface area contributed by atoms with Gasteiger partial charge in [0, 0.05) is 0 Å². The SMILES string of the molecule is CCc1[nH]nc(C(=O)Nc2ccccc2C#N)c1N. The first-order chi connectivity index (χ1) is 9.17. The van der Waals surface area contributed by atoms with Crippen LogP contribution in [0.4, 0.5) is 11.4 Å². The number of nitrogen functional groups attached to an aromatic ring is 1. The van der Waals surface area contributed by atoms with Gasteiger partial charge >= 0.3 is 0 Å². The number of nitrogens with one attached hydrogen (secondary N) is 2. The number of nitriles is 1. The Balaban J connectivity index is 2.26. The van der Waals surface area contributed by atoms with E-state index in [1.54, 1.807) is 24.3 Å². The van der Waals surface area contributed by atoms with Gasteiger partial charge in [0.05, 0.1) is 22.6 Å². The van der Waals surface area contributed by atoms with Gasteiger partial charge in [-0.3, -0.25) is 9.89 Å². The highest BCUT2D eigenvalue weighted by atomic mass is 16.2. The van der Waals surface area contributed by atoms with Crippen LogP contribution in [0, 0.1) is 11.3 Å². The van der Waals surface area contributed by atoms with Crippen LogP contribution in [-0.4, -0.2) is 16.1 Å². The largest absolute Gasteiger partial charge is 0.395 e. The van der Waals surface area contributed by atoms with E-state index in [1.165, 1.54) is 0 Å². The molecule has 2 rings (SSSR count). The van der Waals surface area contributed by atoms with Crippen LogP contribution < -0.4 is 11.1 Å². The maximum atomic E-state index is 12.0. The van der Waals surface area contributed by atoms with Gasteiger partial charge in [-0.25, -0.2) is 0 Å². The molecule has 1 aromatic heterocycles. The predicted molar refractivity (Wildman–Crippen MR) is 71.5 cm³/mol. The number of nitrogens with two attached hydrogens (primary N) is 1. The van der Waals surface area contributed by atoms with E-state index in [1.807, 2.05) is 13.0 Å². The Bertz CT molecular complexity index is 653. The van der Waals surface area contributed by atoms with Crippen molar-refractivity contribution in [3.8, 4) is 6.07 Å². The number of aromatic amines is 1. The molecule has 96 valence electrons. The Hall–Kier alpha value is -2.81. The lowest BCUT2D eigenvalue weighted by Gasteiger charge is -2.05. The molecule has 0 aliphatic heterocycles. The number of aromatic nitrogens is 2. The van der Waals surface area contributed by atoms with Crippen LogP contribution in [0.2, 0.25) is 0 Å². The lowest BCUT2D eigenvalue weighted by atomic mass is 10.2. The van der Waals surface area contributed by atoms with Gasteiger partial charge in [0.1, 0.15) is 6.07 Å². The molecule has 0 atom stereocenters. The molecule has 0 bridgehead atoms. The molecule has 0 spiro atoms. The summed E-state index contributed by atoms with van der Waals surface area (Å²) in [4.78, 5) is 12.0. The Morgan fingerprint density at radius 1 is 1.53 bits per heavy atom. The summed E-state index contributed by atoms with van der Waals surface area (Å²) in [7, 11) is 0. The highest BCUT2D eigenvalue weighted by Gasteiger charge is 2.17. The summed E-state index contributed by atoms with van der Waals surface area (Å²) >= 11 is 0. The number of aryl methyl sites for hydroxylation is 1. The summed E-state index contributed by atoms with van der Waals surface area (Å²) in [6.45, 7) is 1.91. The molecular formula is C13H13N5O. The van der Waals surface area contributed by atoms with Crippen molar-refractivity contribution in [1.29, 1.82) is 5.26 Å². The second-order valence-electron chi connectivity index (χ2n) is 3.93. The minimum atomic E-state index is -0.434. The second-order valence-corrected chi connectivity index (χ2v) is 3.93. The zero-order chi connectivity index (χ0) is 13.8. The molecule has 6 nitrogen and oxygen atoms in total. The Morgan fingerprint density at radius 2 is 2.26 bits per heavy atom. The first-order valence-corrected chi connectivity index (χ1v) is 5.80. The van der Waals surface area contributed by atoms with Gasteiger partial charge in [-0.05, 0) is 18.6 Å². The number of carbonyl (C=O) groups excluding carboxylic acids is 1. The van der Waals surface area contributed by atoms with Gasteiger partial charge in [-0.1, -0.05) is 19.1 Å². The van der Waals surface area contributed by atoms with Crippen LogP contribution in [0.15, 0.2) is 24.3 Å². The molecule has 19 heavy (non-hydrogen) atoms. The van der Waals surface area contributed by atoms with Crippen molar-refractivity contribution in [2.24, 2.45) is 0 Å². The van der Waals surface area contributed by atoms with Gasteiger partial charge in [-0.15, -0.1) is 0 Å². The average molecular weight is 255 g/mol. The highest BCUT2D eigenvalue weighted by molar-refractivity contribution is 6.07. The van der Waals surface area contributed by atoms with Crippen molar-refractivity contribution < 1.29 is 4.79 Å². The van der Waals surface area contributed by atoms with Crippen molar-refractivity contribution >= 4 is 17.3 Å². The molecule has 1 heterocycles. The fraction of sp³-hybridized carbons (Fsp3) is 0.154. The molecule has 0 unspecified atom stereocenters. The molecular weight excluding hydrogens is 242 g/mol. The van der Waals surface area contributed by atoms with Crippen molar-refractivity contribution in [1.82, 2.24) is 10.2 Å². The summed E-state index contributed by atoms with van der Waals surface area (Å²) in [6, 6.07) is 8.75. The quantitative estimate of drug-likeness (QED) is 0.775. The third kappa shape index (κ3) is 2.40. The molecule has 0 aliphatic rings. The van der Waals surface area contributed by atoms with Gasteiger partial charge in [-0.2, -0.15) is 10.4 Å². The second kappa shape index (κ2) is 5.23. The minimum Gasteiger partial charge on any atom is -0.395 e. The topological polar surface area (TPSA) is 108 Å². The van der Waals surface area contributed by atoms with Gasteiger partial charge < -0.3 is 11.1 Å². The summed E-state index contributed by atoms with van der Waals surface area (Å²) in [5.74, 6) is -0.434. The number of H-pyrrole nitrogens is 1. The van der Waals surface area contributed by atoms with E-state index in [9.17, 15) is 4.79 Å². The lowest BCUT2D eigenvalue weighted by molar-refractivity contribution is 0.102. The number of amides is 1. The van der Waals surface area contributed by atoms with Crippen LogP contribution in [0.25, 0.3) is 0 Å². The van der Waals surface area contributed by atoms with E-state index in [-0.39, 0.29) is 5.69 Å². The summed E-state index contributed by atoms with van der Waals surface area (Å²) in [5.41, 5.74) is 7.86. The monoisotopic (exact) mass is 255 g/mol. The predicted octanol–water partition coefficient (Wildman–Crippen LogP) is 1.68. The number of carbonyl (C=O) groups is 1. The molecule has 0 saturated heterocycles. The van der Waals surface area contributed by atoms with E-state index >= 15 is 0 Å². The van der Waals surface area contributed by atoms with Crippen LogP contribution in [0.1, 0.15) is 28.7 Å². The third-order valence-electron chi connectivity index (χ3n) is 2.75. The van der Waals surface area contributed by atoms with Crippen LogP contribution in [-0.2, 0) is 6.42 Å². The molecule has 2 aromatic rings. The van der Waals surface area contributed by atoms with Gasteiger partial charge in [0.25, 0.3) is 5.91 Å². The number of hydrogen-bond acceptors (Lipinski definition) is 4. The Kier molecular flexibility index (Phi) is 3.48. The van der Waals surface area contributed by atoms with Crippen LogP contribution in [0.3, 0.4) is 0 Å². The average Bonchev–Trinajstić information content (AvgIpc) is 2.80. The van der Waals surface area contributed by atoms with Crippen molar-refractivity contribution in [3.63, 3.8) is 0 Å². The molecule has 0 fully saturated rings. The summed E-state index contributed by atoms with van der Waals surface area (Å²) < 4.78 is 0. The standard InChI is InChI=1S/C13H13N5O/c1-2-9-11(15)12(18-17-9)13(19)16-10-6-4-3-5-8(10)7-14/h3-6H,2,15H2,1H3,(H,16,19)(H,17,18). The molecule has 6 heteroatoms. The third-order valence-corrected chi connectivity index (χ3v) is 2.75. The van der Waals surface area contributed by atoms with E-state index in [4.69, 9.17) is 11.0 Å². The molecule has 1 amide bonds. The van der Waals surface area contributed by atoms with Crippen LogP contribution in [0.5, 0.6) is 0 Å². The molecule has 4 N–H and O–H groups in total. The number of hydrogen-bond donors (Lipinski definition) is 3. The van der Waals surface area contributed by atoms with Crippen molar-refractivity contribution in [2.45, 2.75) is 13.3 Å². The Labute approximate surface area is 110 Å². The summed E-state index contributed by atoms with van der Waals surface area (Å²) in [5, 5.41) is 18.2. The molecule has 0 radical (unpaired) electrons. The first kappa shape index (κ1) is 12.6. The fourth-order valence-electron chi connectivity index (χ4n) is 1.70. The van der Waals surface area contributed by atoms with Gasteiger partial charge in [0.15, 0.2) is 5.69 Å². The molecule has 1 aromatic carbocycles.